The second kappa shape index (κ2) is 7.46. The van der Waals surface area contributed by atoms with Crippen LogP contribution in [0, 0.1) is 5.92 Å². The normalized spacial score (nSPS) is 21.5. The first kappa shape index (κ1) is 15.1. The number of nitrogens with one attached hydrogen (secondary N) is 1. The van der Waals surface area contributed by atoms with Crippen LogP contribution in [0.25, 0.3) is 0 Å². The van der Waals surface area contributed by atoms with Gasteiger partial charge in [-0.15, -0.1) is 0 Å². The zero-order valence-corrected chi connectivity index (χ0v) is 13.4. The van der Waals surface area contributed by atoms with Crippen LogP contribution in [0.4, 0.5) is 0 Å². The number of hydrogen-bond acceptors (Lipinski definition) is 1. The van der Waals surface area contributed by atoms with Gasteiger partial charge in [-0.05, 0) is 55.0 Å². The second-order valence-corrected chi connectivity index (χ2v) is 6.41. The van der Waals surface area contributed by atoms with Gasteiger partial charge in [0.05, 0.1) is 20.2 Å². The summed E-state index contributed by atoms with van der Waals surface area (Å²) in [5.41, 5.74) is 2.91. The number of piperidine rings is 1. The molecule has 0 unspecified atom stereocenters. The highest BCUT2D eigenvalue weighted by atomic mass is 16.5. The summed E-state index contributed by atoms with van der Waals surface area (Å²) >= 11 is 0. The van der Waals surface area contributed by atoms with Gasteiger partial charge in [0, 0.05) is 5.56 Å². The van der Waals surface area contributed by atoms with Crippen molar-refractivity contribution < 1.29 is 9.64 Å². The molecule has 2 heteroatoms. The molecule has 1 fully saturated rings. The molecular weight excluding hydrogens is 270 g/mol. The third kappa shape index (κ3) is 4.11. The maximum Gasteiger partial charge on any atom is 0.118 e. The lowest BCUT2D eigenvalue weighted by Crippen LogP contribution is -3.11. The third-order valence-electron chi connectivity index (χ3n) is 4.79. The molecule has 0 bridgehead atoms. The van der Waals surface area contributed by atoms with Gasteiger partial charge in [0.2, 0.25) is 0 Å². The van der Waals surface area contributed by atoms with Gasteiger partial charge in [0.15, 0.2) is 0 Å². The highest BCUT2D eigenvalue weighted by molar-refractivity contribution is 5.26. The van der Waals surface area contributed by atoms with Crippen molar-refractivity contribution in [2.45, 2.75) is 25.8 Å². The summed E-state index contributed by atoms with van der Waals surface area (Å²) in [5, 5.41) is 0. The fourth-order valence-electron chi connectivity index (χ4n) is 3.45. The van der Waals surface area contributed by atoms with Gasteiger partial charge in [-0.25, -0.2) is 0 Å². The Morgan fingerprint density at radius 3 is 2.23 bits per heavy atom. The third-order valence-corrected chi connectivity index (χ3v) is 4.79. The minimum atomic E-state index is 0.863. The van der Waals surface area contributed by atoms with Crippen molar-refractivity contribution >= 4 is 0 Å². The van der Waals surface area contributed by atoms with Crippen LogP contribution < -0.4 is 9.64 Å². The van der Waals surface area contributed by atoms with E-state index in [0.717, 1.165) is 18.2 Å². The summed E-state index contributed by atoms with van der Waals surface area (Å²) in [5.74, 6) is 1.81. The predicted molar refractivity (Wildman–Crippen MR) is 90.3 cm³/mol. The fourth-order valence-corrected chi connectivity index (χ4v) is 3.45. The average molecular weight is 296 g/mol. The molecule has 1 heterocycles. The largest absolute Gasteiger partial charge is 0.497 e. The van der Waals surface area contributed by atoms with E-state index in [1.54, 1.807) is 12.0 Å². The number of methoxy groups -OCH3 is 1. The van der Waals surface area contributed by atoms with E-state index in [4.69, 9.17) is 4.74 Å². The van der Waals surface area contributed by atoms with Crippen LogP contribution >= 0.6 is 0 Å². The zero-order valence-electron chi connectivity index (χ0n) is 13.4. The van der Waals surface area contributed by atoms with Crippen molar-refractivity contribution in [2.75, 3.05) is 20.2 Å². The Kier molecular flexibility index (Phi) is 5.12. The van der Waals surface area contributed by atoms with E-state index in [-0.39, 0.29) is 0 Å². The van der Waals surface area contributed by atoms with E-state index in [1.807, 2.05) is 0 Å². The standard InChI is InChI=1S/C20H25NO/c1-22-20-9-7-19(8-10-20)16-21-13-11-18(12-14-21)15-17-5-3-2-4-6-17/h2-10,18H,11-16H2,1H3/p+1. The summed E-state index contributed by atoms with van der Waals surface area (Å²) in [4.78, 5) is 1.72. The quantitative estimate of drug-likeness (QED) is 0.896. The summed E-state index contributed by atoms with van der Waals surface area (Å²) in [7, 11) is 1.72. The monoisotopic (exact) mass is 296 g/mol. The molecule has 0 radical (unpaired) electrons. The topological polar surface area (TPSA) is 13.7 Å². The first-order valence-corrected chi connectivity index (χ1v) is 8.34. The van der Waals surface area contributed by atoms with E-state index in [1.165, 1.54) is 43.5 Å². The summed E-state index contributed by atoms with van der Waals surface area (Å²) in [6.45, 7) is 3.73. The van der Waals surface area contributed by atoms with Crippen LogP contribution in [-0.2, 0) is 13.0 Å². The number of rotatable bonds is 5. The Morgan fingerprint density at radius 2 is 1.59 bits per heavy atom. The molecule has 0 atom stereocenters. The van der Waals surface area contributed by atoms with Gasteiger partial charge in [0.1, 0.15) is 12.3 Å². The van der Waals surface area contributed by atoms with E-state index < -0.39 is 0 Å². The summed E-state index contributed by atoms with van der Waals surface area (Å²) < 4.78 is 5.22. The van der Waals surface area contributed by atoms with E-state index in [2.05, 4.69) is 54.6 Å². The zero-order chi connectivity index (χ0) is 15.2. The maximum atomic E-state index is 5.22. The molecule has 1 aliphatic rings. The molecule has 2 nitrogen and oxygen atoms in total. The number of benzene rings is 2. The van der Waals surface area contributed by atoms with Gasteiger partial charge in [-0.3, -0.25) is 0 Å². The lowest BCUT2D eigenvalue weighted by molar-refractivity contribution is -0.919. The highest BCUT2D eigenvalue weighted by Gasteiger charge is 2.22. The molecule has 0 amide bonds. The summed E-state index contributed by atoms with van der Waals surface area (Å²) in [6, 6.07) is 19.5. The summed E-state index contributed by atoms with van der Waals surface area (Å²) in [6.07, 6.45) is 3.94. The molecule has 1 N–H and O–H groups in total. The molecular formula is C20H26NO+. The van der Waals surface area contributed by atoms with Crippen LogP contribution in [0.1, 0.15) is 24.0 Å². The first-order valence-electron chi connectivity index (χ1n) is 8.34. The minimum Gasteiger partial charge on any atom is -0.497 e. The highest BCUT2D eigenvalue weighted by Crippen LogP contribution is 2.17. The van der Waals surface area contributed by atoms with Crippen molar-refractivity contribution in [3.8, 4) is 5.75 Å². The molecule has 0 aliphatic carbocycles. The van der Waals surface area contributed by atoms with Crippen LogP contribution in [0.3, 0.4) is 0 Å². The molecule has 22 heavy (non-hydrogen) atoms. The Bertz CT molecular complexity index is 556. The van der Waals surface area contributed by atoms with Crippen molar-refractivity contribution in [3.63, 3.8) is 0 Å². The van der Waals surface area contributed by atoms with E-state index in [0.29, 0.717) is 0 Å². The minimum absolute atomic E-state index is 0.863. The first-order chi connectivity index (χ1) is 10.8. The Morgan fingerprint density at radius 1 is 0.909 bits per heavy atom. The number of likely N-dealkylation sites (tertiary alicyclic amines) is 1. The van der Waals surface area contributed by atoms with Gasteiger partial charge < -0.3 is 9.64 Å². The molecule has 0 saturated carbocycles. The average Bonchev–Trinajstić information content (AvgIpc) is 2.58. The molecule has 1 saturated heterocycles. The van der Waals surface area contributed by atoms with Gasteiger partial charge in [-0.1, -0.05) is 30.3 Å². The smallest absolute Gasteiger partial charge is 0.118 e. The van der Waals surface area contributed by atoms with Crippen molar-refractivity contribution in [1.82, 2.24) is 0 Å². The molecule has 116 valence electrons. The molecule has 2 aromatic carbocycles. The van der Waals surface area contributed by atoms with E-state index in [9.17, 15) is 0 Å². The van der Waals surface area contributed by atoms with Gasteiger partial charge in [0.25, 0.3) is 0 Å². The van der Waals surface area contributed by atoms with Crippen molar-refractivity contribution in [1.29, 1.82) is 0 Å². The van der Waals surface area contributed by atoms with Crippen LogP contribution in [0.15, 0.2) is 54.6 Å². The van der Waals surface area contributed by atoms with Crippen molar-refractivity contribution in [2.24, 2.45) is 5.92 Å². The van der Waals surface area contributed by atoms with E-state index >= 15 is 0 Å². The molecule has 3 rings (SSSR count). The van der Waals surface area contributed by atoms with Crippen LogP contribution in [0.5, 0.6) is 5.75 Å². The van der Waals surface area contributed by atoms with Gasteiger partial charge >= 0.3 is 0 Å². The molecule has 2 aromatic rings. The van der Waals surface area contributed by atoms with Gasteiger partial charge in [-0.2, -0.15) is 0 Å². The van der Waals surface area contributed by atoms with Crippen LogP contribution in [0.2, 0.25) is 0 Å². The lowest BCUT2D eigenvalue weighted by atomic mass is 9.90. The molecule has 0 aromatic heterocycles. The number of quaternary nitrogens is 1. The Balaban J connectivity index is 1.47. The predicted octanol–water partition coefficient (Wildman–Crippen LogP) is 2.73. The molecule has 1 aliphatic heterocycles. The number of ether oxygens (including phenoxy) is 1. The van der Waals surface area contributed by atoms with Crippen LogP contribution in [-0.4, -0.2) is 20.2 Å². The lowest BCUT2D eigenvalue weighted by Gasteiger charge is -2.29. The van der Waals surface area contributed by atoms with Crippen molar-refractivity contribution in [3.05, 3.63) is 65.7 Å². The Labute approximate surface area is 133 Å². The number of hydrogen-bond donors (Lipinski definition) is 1. The second-order valence-electron chi connectivity index (χ2n) is 6.41. The Hall–Kier alpha value is -1.80. The SMILES string of the molecule is COc1ccc(C[NH+]2CCC(Cc3ccccc3)CC2)cc1. The fraction of sp³-hybridized carbons (Fsp3) is 0.400. The maximum absolute atomic E-state index is 5.22. The molecule has 0 spiro atoms.